The summed E-state index contributed by atoms with van der Waals surface area (Å²) in [5, 5.41) is 26.7. The van der Waals surface area contributed by atoms with Crippen molar-refractivity contribution in [3.63, 3.8) is 0 Å². The van der Waals surface area contributed by atoms with Gasteiger partial charge in [0, 0.05) is 18.1 Å². The van der Waals surface area contributed by atoms with Gasteiger partial charge in [-0.25, -0.2) is 14.3 Å². The van der Waals surface area contributed by atoms with Crippen LogP contribution in [0.3, 0.4) is 0 Å². The van der Waals surface area contributed by atoms with Gasteiger partial charge < -0.3 is 21.5 Å². The lowest BCUT2D eigenvalue weighted by molar-refractivity contribution is -0.148. The second-order valence-electron chi connectivity index (χ2n) is 6.33. The van der Waals surface area contributed by atoms with Crippen molar-refractivity contribution in [2.24, 2.45) is 5.73 Å². The van der Waals surface area contributed by atoms with Crippen LogP contribution in [0.5, 0.6) is 0 Å². The number of hydrogen-bond acceptors (Lipinski definition) is 9. The number of amides is 3. The lowest BCUT2D eigenvalue weighted by Crippen LogP contribution is -2.70. The molecule has 1 fully saturated rings. The van der Waals surface area contributed by atoms with Crippen molar-refractivity contribution < 1.29 is 19.5 Å². The predicted molar refractivity (Wildman–Crippen MR) is 114 cm³/mol. The first kappa shape index (κ1) is 22.3. The summed E-state index contributed by atoms with van der Waals surface area (Å²) in [7, 11) is 0. The van der Waals surface area contributed by atoms with Crippen LogP contribution in [-0.2, 0) is 16.1 Å². The standard InChI is InChI=1S/C15H20N8O4S3/c1-2-8(28)18-9-11(24)23-10(13(25)26)7(5-29-12(9)23)6-30-15-19-20-21-22(15)4-3-17-14(16)27/h9,12H,2-6H2,1H3,(H,18,28)(H,25,26)(H3,16,17,27)/t9?,12-/m1/s1. The van der Waals surface area contributed by atoms with Gasteiger partial charge in [-0.05, 0) is 22.4 Å². The largest absolute Gasteiger partial charge is 0.477 e. The molecule has 30 heavy (non-hydrogen) atoms. The molecule has 1 unspecified atom stereocenters. The number of nitrogens with zero attached hydrogens (tertiary/aromatic N) is 5. The van der Waals surface area contributed by atoms with E-state index in [0.717, 1.165) is 0 Å². The maximum absolute atomic E-state index is 12.6. The van der Waals surface area contributed by atoms with Gasteiger partial charge in [-0.2, -0.15) is 0 Å². The first-order valence-corrected chi connectivity index (χ1v) is 11.4. The van der Waals surface area contributed by atoms with Crippen LogP contribution in [0.4, 0.5) is 4.79 Å². The quantitative estimate of drug-likeness (QED) is 0.205. The van der Waals surface area contributed by atoms with E-state index in [1.807, 2.05) is 6.92 Å². The normalized spacial score (nSPS) is 20.4. The van der Waals surface area contributed by atoms with Gasteiger partial charge in [0.25, 0.3) is 5.91 Å². The highest BCUT2D eigenvalue weighted by molar-refractivity contribution is 8.01. The average molecular weight is 473 g/mol. The molecule has 0 aromatic carbocycles. The second-order valence-corrected chi connectivity index (χ2v) is 8.87. The number of primary amides is 1. The topological polar surface area (TPSA) is 168 Å². The molecule has 15 heteroatoms. The number of nitrogens with one attached hydrogen (secondary N) is 2. The van der Waals surface area contributed by atoms with Gasteiger partial charge in [0.1, 0.15) is 17.1 Å². The van der Waals surface area contributed by atoms with Crippen LogP contribution >= 0.6 is 35.7 Å². The van der Waals surface area contributed by atoms with E-state index in [1.165, 1.54) is 33.1 Å². The fourth-order valence-corrected chi connectivity index (χ4v) is 5.46. The minimum absolute atomic E-state index is 0.00568. The zero-order chi connectivity index (χ0) is 21.8. The van der Waals surface area contributed by atoms with Gasteiger partial charge in [-0.15, -0.1) is 16.9 Å². The van der Waals surface area contributed by atoms with Crippen LogP contribution in [-0.4, -0.2) is 82.6 Å². The molecule has 3 rings (SSSR count). The predicted octanol–water partition coefficient (Wildman–Crippen LogP) is -0.617. The van der Waals surface area contributed by atoms with E-state index < -0.39 is 18.0 Å². The molecule has 2 aliphatic heterocycles. The number of thioether (sulfide) groups is 2. The summed E-state index contributed by atoms with van der Waals surface area (Å²) < 4.78 is 1.49. The number of β-lactam (4-membered cyclic amide) rings is 1. The average Bonchev–Trinajstić information content (AvgIpc) is 3.16. The summed E-state index contributed by atoms with van der Waals surface area (Å²) in [6.45, 7) is 2.46. The first-order chi connectivity index (χ1) is 14.3. The number of nitrogens with two attached hydrogens (primary N) is 1. The number of fused-ring (bicyclic) bond motifs is 1. The maximum Gasteiger partial charge on any atom is 0.352 e. The van der Waals surface area contributed by atoms with Crippen molar-refractivity contribution in [2.45, 2.75) is 36.5 Å². The number of thiocarbonyl (C=S) groups is 1. The van der Waals surface area contributed by atoms with Crippen molar-refractivity contribution in [1.29, 1.82) is 0 Å². The van der Waals surface area contributed by atoms with Crippen molar-refractivity contribution in [1.82, 2.24) is 35.7 Å². The zero-order valence-electron chi connectivity index (χ0n) is 15.9. The molecule has 162 valence electrons. The van der Waals surface area contributed by atoms with E-state index in [-0.39, 0.29) is 23.5 Å². The molecule has 2 aliphatic rings. The van der Waals surface area contributed by atoms with Crippen molar-refractivity contribution in [2.75, 3.05) is 18.1 Å². The van der Waals surface area contributed by atoms with E-state index >= 15 is 0 Å². The summed E-state index contributed by atoms with van der Waals surface area (Å²) in [6.07, 6.45) is 0.615. The Balaban J connectivity index is 1.68. The van der Waals surface area contributed by atoms with Crippen LogP contribution < -0.4 is 16.4 Å². The summed E-state index contributed by atoms with van der Waals surface area (Å²) in [6, 6.07) is -1.15. The number of carbonyl (C=O) groups excluding carboxylic acids is 2. The van der Waals surface area contributed by atoms with Crippen LogP contribution in [0.2, 0.25) is 0 Å². The number of hydrogen-bond donors (Lipinski definition) is 4. The Hall–Kier alpha value is -2.39. The highest BCUT2D eigenvalue weighted by atomic mass is 32.2. The fourth-order valence-electron chi connectivity index (χ4n) is 2.95. The van der Waals surface area contributed by atoms with Crippen LogP contribution in [0.25, 0.3) is 0 Å². The number of carbonyl (C=O) groups is 3. The van der Waals surface area contributed by atoms with Gasteiger partial charge in [0.15, 0.2) is 0 Å². The molecule has 1 saturated heterocycles. The van der Waals surface area contributed by atoms with Crippen LogP contribution in [0, 0.1) is 0 Å². The Morgan fingerprint density at radius 2 is 2.23 bits per heavy atom. The van der Waals surface area contributed by atoms with Gasteiger partial charge in [-0.3, -0.25) is 9.69 Å². The first-order valence-electron chi connectivity index (χ1n) is 8.95. The van der Waals surface area contributed by atoms with E-state index in [1.54, 1.807) is 0 Å². The molecule has 0 radical (unpaired) electrons. The molecule has 1 aromatic heterocycles. The number of rotatable bonds is 9. The minimum atomic E-state index is -1.15. The van der Waals surface area contributed by atoms with Gasteiger partial charge >= 0.3 is 12.0 Å². The SMILES string of the molecule is CCC(=S)NC1C(=O)N2C(C(=O)O)=C(CSc3nnnn3CCNC(N)=O)CS[C@H]12. The molecule has 0 saturated carbocycles. The van der Waals surface area contributed by atoms with Gasteiger partial charge in [0.2, 0.25) is 5.16 Å². The summed E-state index contributed by atoms with van der Waals surface area (Å²) >= 11 is 7.90. The van der Waals surface area contributed by atoms with E-state index in [4.69, 9.17) is 18.0 Å². The van der Waals surface area contributed by atoms with Gasteiger partial charge in [0.05, 0.1) is 11.5 Å². The highest BCUT2D eigenvalue weighted by Gasteiger charge is 2.53. The molecule has 5 N–H and O–H groups in total. The molecule has 12 nitrogen and oxygen atoms in total. The van der Waals surface area contributed by atoms with E-state index in [0.29, 0.717) is 40.2 Å². The molecule has 0 spiro atoms. The Morgan fingerprint density at radius 3 is 2.90 bits per heavy atom. The Labute approximate surface area is 185 Å². The Kier molecular flexibility index (Phi) is 7.14. The third-order valence-electron chi connectivity index (χ3n) is 4.38. The molecule has 3 amide bonds. The molecule has 3 heterocycles. The lowest BCUT2D eigenvalue weighted by Gasteiger charge is -2.49. The van der Waals surface area contributed by atoms with E-state index in [2.05, 4.69) is 26.2 Å². The van der Waals surface area contributed by atoms with E-state index in [9.17, 15) is 19.5 Å². The third-order valence-corrected chi connectivity index (χ3v) is 7.17. The summed E-state index contributed by atoms with van der Waals surface area (Å²) in [5.41, 5.74) is 5.65. The number of carboxylic acids is 1. The molecule has 0 bridgehead atoms. The molecular formula is C15H20N8O4S3. The summed E-state index contributed by atoms with van der Waals surface area (Å²) in [5.74, 6) is -0.679. The number of aliphatic carboxylic acids is 1. The monoisotopic (exact) mass is 472 g/mol. The van der Waals surface area contributed by atoms with Crippen LogP contribution in [0.15, 0.2) is 16.4 Å². The molecular weight excluding hydrogens is 452 g/mol. The number of carboxylic acid groups (broad SMARTS) is 1. The maximum atomic E-state index is 12.6. The number of aromatic nitrogens is 4. The zero-order valence-corrected chi connectivity index (χ0v) is 18.3. The third kappa shape index (κ3) is 4.67. The Morgan fingerprint density at radius 1 is 1.47 bits per heavy atom. The van der Waals surface area contributed by atoms with Crippen molar-refractivity contribution in [3.8, 4) is 0 Å². The van der Waals surface area contributed by atoms with Crippen molar-refractivity contribution >= 4 is 58.6 Å². The van der Waals surface area contributed by atoms with Gasteiger partial charge in [-0.1, -0.05) is 30.9 Å². The minimum Gasteiger partial charge on any atom is -0.477 e. The summed E-state index contributed by atoms with van der Waals surface area (Å²) in [4.78, 5) is 37.1. The van der Waals surface area contributed by atoms with Crippen LogP contribution in [0.1, 0.15) is 13.3 Å². The lowest BCUT2D eigenvalue weighted by atomic mass is 10.0. The molecule has 1 aromatic rings. The second kappa shape index (κ2) is 9.61. The Bertz CT molecular complexity index is 904. The number of tetrazole rings is 1. The number of urea groups is 1. The fraction of sp³-hybridized carbons (Fsp3) is 0.533. The smallest absolute Gasteiger partial charge is 0.352 e. The molecule has 2 atom stereocenters. The highest BCUT2D eigenvalue weighted by Crippen LogP contribution is 2.41. The van der Waals surface area contributed by atoms with Crippen molar-refractivity contribution in [3.05, 3.63) is 11.3 Å². The molecule has 0 aliphatic carbocycles.